The lowest BCUT2D eigenvalue weighted by atomic mass is 10.1. The van der Waals surface area contributed by atoms with Gasteiger partial charge in [0, 0.05) is 23.4 Å². The fourth-order valence-electron chi connectivity index (χ4n) is 3.83. The zero-order chi connectivity index (χ0) is 24.5. The summed E-state index contributed by atoms with van der Waals surface area (Å²) in [6.45, 7) is 2.24. The maximum absolute atomic E-state index is 12.5. The van der Waals surface area contributed by atoms with E-state index >= 15 is 0 Å². The number of rotatable bonds is 9. The van der Waals surface area contributed by atoms with Gasteiger partial charge in [-0.1, -0.05) is 30.3 Å². The van der Waals surface area contributed by atoms with Crippen LogP contribution in [0.25, 0.3) is 6.08 Å². The number of methoxy groups -OCH3 is 1. The third kappa shape index (κ3) is 7.01. The van der Waals surface area contributed by atoms with Crippen LogP contribution in [0.1, 0.15) is 24.0 Å². The molecule has 0 atom stereocenters. The number of piperidine rings is 1. The summed E-state index contributed by atoms with van der Waals surface area (Å²) in [6, 6.07) is 20.1. The van der Waals surface area contributed by atoms with Crippen LogP contribution in [0.3, 0.4) is 0 Å². The fraction of sp³-hybridized carbons (Fsp3) is 0.250. The first kappa shape index (κ1) is 24.2. The lowest BCUT2D eigenvalue weighted by Crippen LogP contribution is -2.34. The highest BCUT2D eigenvalue weighted by atomic mass is 16.5. The Bertz CT molecular complexity index is 1170. The molecule has 1 heterocycles. The molecule has 4 rings (SSSR count). The Balaban J connectivity index is 1.35. The topological polar surface area (TPSA) is 89.1 Å². The predicted molar refractivity (Wildman–Crippen MR) is 136 cm³/mol. The number of hydrogen-bond donors (Lipinski definition) is 3. The number of nitrogens with one attached hydrogen (secondary N) is 2. The SMILES string of the molecule is COc1ccc(C=CC(=O)Nc2ccccc2COc2cccc(OC3CCNCC3)c2)cc1O. The van der Waals surface area contributed by atoms with Gasteiger partial charge in [0.05, 0.1) is 7.11 Å². The second-order valence-electron chi connectivity index (χ2n) is 8.24. The molecule has 3 aromatic carbocycles. The lowest BCUT2D eigenvalue weighted by molar-refractivity contribution is -0.111. The summed E-state index contributed by atoms with van der Waals surface area (Å²) >= 11 is 0. The molecule has 1 saturated heterocycles. The zero-order valence-corrected chi connectivity index (χ0v) is 19.7. The van der Waals surface area contributed by atoms with Crippen molar-refractivity contribution in [2.24, 2.45) is 0 Å². The molecule has 7 heteroatoms. The Morgan fingerprint density at radius 3 is 2.66 bits per heavy atom. The van der Waals surface area contributed by atoms with Crippen LogP contribution >= 0.6 is 0 Å². The molecule has 7 nitrogen and oxygen atoms in total. The van der Waals surface area contributed by atoms with E-state index in [0.717, 1.165) is 37.2 Å². The van der Waals surface area contributed by atoms with Crippen molar-refractivity contribution in [1.82, 2.24) is 5.32 Å². The van der Waals surface area contributed by atoms with Gasteiger partial charge in [0.2, 0.25) is 5.91 Å². The second kappa shape index (κ2) is 11.9. The molecule has 1 aliphatic rings. The molecule has 0 bridgehead atoms. The number of aromatic hydroxyl groups is 1. The van der Waals surface area contributed by atoms with Crippen LogP contribution in [0.4, 0.5) is 5.69 Å². The number of carbonyl (C=O) groups excluding carboxylic acids is 1. The molecular weight excluding hydrogens is 444 g/mol. The molecular formula is C28H30N2O5. The number of carbonyl (C=O) groups is 1. The van der Waals surface area contributed by atoms with Gasteiger partial charge in [-0.15, -0.1) is 0 Å². The van der Waals surface area contributed by atoms with Crippen molar-refractivity contribution in [3.8, 4) is 23.0 Å². The number of ether oxygens (including phenoxy) is 3. The van der Waals surface area contributed by atoms with Crippen LogP contribution in [-0.2, 0) is 11.4 Å². The number of hydrogen-bond acceptors (Lipinski definition) is 6. The van der Waals surface area contributed by atoms with E-state index in [1.54, 1.807) is 18.2 Å². The van der Waals surface area contributed by atoms with Gasteiger partial charge in [0.1, 0.15) is 24.2 Å². The van der Waals surface area contributed by atoms with Crippen LogP contribution in [0.5, 0.6) is 23.0 Å². The van der Waals surface area contributed by atoms with E-state index in [1.165, 1.54) is 19.3 Å². The monoisotopic (exact) mass is 474 g/mol. The van der Waals surface area contributed by atoms with Crippen LogP contribution in [-0.4, -0.2) is 37.3 Å². The van der Waals surface area contributed by atoms with Gasteiger partial charge >= 0.3 is 0 Å². The zero-order valence-electron chi connectivity index (χ0n) is 19.7. The molecule has 0 radical (unpaired) electrons. The minimum absolute atomic E-state index is 0.0165. The smallest absolute Gasteiger partial charge is 0.248 e. The minimum Gasteiger partial charge on any atom is -0.504 e. The standard InChI is InChI=1S/C28H30N2O5/c1-33-27-11-9-20(17-26(27)31)10-12-28(32)30-25-8-3-2-5-21(25)19-34-23-6-4-7-24(18-23)35-22-13-15-29-16-14-22/h2-12,17-18,22,29,31H,13-16,19H2,1H3,(H,30,32). The first-order valence-electron chi connectivity index (χ1n) is 11.6. The Labute approximate surface area is 205 Å². The summed E-state index contributed by atoms with van der Waals surface area (Å²) < 4.78 is 17.1. The highest BCUT2D eigenvalue weighted by molar-refractivity contribution is 6.02. The molecule has 1 aliphatic heterocycles. The lowest BCUT2D eigenvalue weighted by Gasteiger charge is -2.24. The van der Waals surface area contributed by atoms with Gasteiger partial charge in [-0.2, -0.15) is 0 Å². The first-order chi connectivity index (χ1) is 17.1. The normalized spacial score (nSPS) is 14.0. The quantitative estimate of drug-likeness (QED) is 0.388. The number of para-hydroxylation sites is 1. The van der Waals surface area contributed by atoms with Crippen molar-refractivity contribution in [2.45, 2.75) is 25.6 Å². The van der Waals surface area contributed by atoms with E-state index in [-0.39, 0.29) is 17.8 Å². The Kier molecular flexibility index (Phi) is 8.25. The Morgan fingerprint density at radius 1 is 1.06 bits per heavy atom. The van der Waals surface area contributed by atoms with E-state index in [2.05, 4.69) is 10.6 Å². The summed E-state index contributed by atoms with van der Waals surface area (Å²) in [7, 11) is 1.49. The second-order valence-corrected chi connectivity index (χ2v) is 8.24. The predicted octanol–water partition coefficient (Wildman–Crippen LogP) is 4.76. The third-order valence-electron chi connectivity index (χ3n) is 5.69. The van der Waals surface area contributed by atoms with Gasteiger partial charge in [-0.05, 0) is 67.9 Å². The number of benzene rings is 3. The van der Waals surface area contributed by atoms with Crippen molar-refractivity contribution in [2.75, 3.05) is 25.5 Å². The average Bonchev–Trinajstić information content (AvgIpc) is 2.88. The summed E-state index contributed by atoms with van der Waals surface area (Å²) in [4.78, 5) is 12.5. The Morgan fingerprint density at radius 2 is 1.86 bits per heavy atom. The molecule has 0 unspecified atom stereocenters. The van der Waals surface area contributed by atoms with Crippen molar-refractivity contribution in [3.05, 3.63) is 83.9 Å². The summed E-state index contributed by atoms with van der Waals surface area (Å²) in [5, 5.41) is 16.1. The molecule has 1 fully saturated rings. The first-order valence-corrected chi connectivity index (χ1v) is 11.6. The molecule has 182 valence electrons. The van der Waals surface area contributed by atoms with E-state index < -0.39 is 0 Å². The summed E-state index contributed by atoms with van der Waals surface area (Å²) in [5.41, 5.74) is 2.20. The maximum atomic E-state index is 12.5. The van der Waals surface area contributed by atoms with Crippen LogP contribution in [0, 0.1) is 0 Å². The molecule has 35 heavy (non-hydrogen) atoms. The number of amides is 1. The van der Waals surface area contributed by atoms with E-state index in [0.29, 0.717) is 29.4 Å². The summed E-state index contributed by atoms with van der Waals surface area (Å²) in [5.74, 6) is 1.61. The fourth-order valence-corrected chi connectivity index (χ4v) is 3.83. The van der Waals surface area contributed by atoms with Crippen LogP contribution < -0.4 is 24.8 Å². The number of phenols is 1. The van der Waals surface area contributed by atoms with Crippen molar-refractivity contribution < 1.29 is 24.1 Å². The van der Waals surface area contributed by atoms with Gasteiger partial charge in [-0.25, -0.2) is 0 Å². The molecule has 1 amide bonds. The van der Waals surface area contributed by atoms with Gasteiger partial charge in [-0.3, -0.25) is 4.79 Å². The van der Waals surface area contributed by atoms with Crippen molar-refractivity contribution in [3.63, 3.8) is 0 Å². The summed E-state index contributed by atoms with van der Waals surface area (Å²) in [6.07, 6.45) is 5.25. The van der Waals surface area contributed by atoms with Crippen LogP contribution in [0.2, 0.25) is 0 Å². The van der Waals surface area contributed by atoms with Gasteiger partial charge < -0.3 is 30.0 Å². The highest BCUT2D eigenvalue weighted by Gasteiger charge is 2.14. The molecule has 0 aromatic heterocycles. The highest BCUT2D eigenvalue weighted by Crippen LogP contribution is 2.27. The molecule has 3 N–H and O–H groups in total. The Hall–Kier alpha value is -3.97. The third-order valence-corrected chi connectivity index (χ3v) is 5.69. The largest absolute Gasteiger partial charge is 0.504 e. The van der Waals surface area contributed by atoms with Gasteiger partial charge in [0.25, 0.3) is 0 Å². The maximum Gasteiger partial charge on any atom is 0.248 e. The van der Waals surface area contributed by atoms with Crippen molar-refractivity contribution in [1.29, 1.82) is 0 Å². The van der Waals surface area contributed by atoms with Gasteiger partial charge in [0.15, 0.2) is 11.5 Å². The molecule has 0 spiro atoms. The van der Waals surface area contributed by atoms with Crippen LogP contribution in [0.15, 0.2) is 72.8 Å². The molecule has 0 aliphatic carbocycles. The number of anilines is 1. The van der Waals surface area contributed by atoms with E-state index in [9.17, 15) is 9.90 Å². The van der Waals surface area contributed by atoms with E-state index in [1.807, 2.05) is 48.5 Å². The average molecular weight is 475 g/mol. The number of phenolic OH excluding ortho intramolecular Hbond substituents is 1. The van der Waals surface area contributed by atoms with Crippen molar-refractivity contribution >= 4 is 17.7 Å². The minimum atomic E-state index is -0.287. The van der Waals surface area contributed by atoms with E-state index in [4.69, 9.17) is 14.2 Å². The molecule has 3 aromatic rings. The molecule has 0 saturated carbocycles.